The van der Waals surface area contributed by atoms with Gasteiger partial charge in [0.25, 0.3) is 0 Å². The molecule has 0 amide bonds. The number of benzene rings is 1. The van der Waals surface area contributed by atoms with E-state index in [2.05, 4.69) is 51.2 Å². The molecule has 1 aromatic rings. The summed E-state index contributed by atoms with van der Waals surface area (Å²) in [6.07, 6.45) is 3.81. The first-order chi connectivity index (χ1) is 9.47. The van der Waals surface area contributed by atoms with Crippen LogP contribution in [-0.4, -0.2) is 19.7 Å². The molecule has 0 aliphatic carbocycles. The smallest absolute Gasteiger partial charge is 0.123 e. The van der Waals surface area contributed by atoms with Gasteiger partial charge in [-0.05, 0) is 62.2 Å². The summed E-state index contributed by atoms with van der Waals surface area (Å²) < 4.78 is 6.09. The molecule has 1 N–H and O–H groups in total. The highest BCUT2D eigenvalue weighted by molar-refractivity contribution is 5.41. The topological polar surface area (TPSA) is 21.3 Å². The van der Waals surface area contributed by atoms with Gasteiger partial charge in [0.05, 0.1) is 6.61 Å². The molecule has 0 aromatic heterocycles. The van der Waals surface area contributed by atoms with Crippen LogP contribution in [0.25, 0.3) is 0 Å². The minimum Gasteiger partial charge on any atom is -0.493 e. The van der Waals surface area contributed by atoms with Gasteiger partial charge in [-0.3, -0.25) is 0 Å². The highest BCUT2D eigenvalue weighted by Gasteiger charge is 2.19. The first-order valence-electron chi connectivity index (χ1n) is 7.91. The van der Waals surface area contributed by atoms with Gasteiger partial charge in [0.2, 0.25) is 0 Å². The quantitative estimate of drug-likeness (QED) is 0.894. The Balaban J connectivity index is 1.95. The van der Waals surface area contributed by atoms with E-state index >= 15 is 0 Å². The molecule has 20 heavy (non-hydrogen) atoms. The van der Waals surface area contributed by atoms with Crippen molar-refractivity contribution in [3.8, 4) is 5.75 Å². The fourth-order valence-corrected chi connectivity index (χ4v) is 2.86. The minimum absolute atomic E-state index is 0.133. The molecule has 112 valence electrons. The van der Waals surface area contributed by atoms with Crippen LogP contribution < -0.4 is 10.1 Å². The molecule has 0 saturated carbocycles. The number of hydrogen-bond acceptors (Lipinski definition) is 2. The van der Waals surface area contributed by atoms with Crippen LogP contribution >= 0.6 is 0 Å². The van der Waals surface area contributed by atoms with Crippen molar-refractivity contribution in [1.29, 1.82) is 0 Å². The number of rotatable bonds is 4. The Kier molecular flexibility index (Phi) is 5.09. The van der Waals surface area contributed by atoms with E-state index in [9.17, 15) is 0 Å². The van der Waals surface area contributed by atoms with E-state index in [1.807, 2.05) is 0 Å². The summed E-state index contributed by atoms with van der Waals surface area (Å²) in [7, 11) is 0. The summed E-state index contributed by atoms with van der Waals surface area (Å²) >= 11 is 0. The largest absolute Gasteiger partial charge is 0.493 e. The maximum absolute atomic E-state index is 6.09. The van der Waals surface area contributed by atoms with Crippen LogP contribution in [0.1, 0.15) is 51.2 Å². The predicted molar refractivity (Wildman–Crippen MR) is 85.6 cm³/mol. The molecule has 0 bridgehead atoms. The molecule has 2 nitrogen and oxygen atoms in total. The van der Waals surface area contributed by atoms with Crippen LogP contribution in [0.5, 0.6) is 5.75 Å². The van der Waals surface area contributed by atoms with Crippen molar-refractivity contribution >= 4 is 0 Å². The van der Waals surface area contributed by atoms with Gasteiger partial charge in [-0.2, -0.15) is 0 Å². The van der Waals surface area contributed by atoms with Crippen molar-refractivity contribution in [2.45, 2.75) is 52.4 Å². The molecular weight excluding hydrogens is 246 g/mol. The Morgan fingerprint density at radius 3 is 2.75 bits per heavy atom. The third kappa shape index (κ3) is 4.24. The van der Waals surface area contributed by atoms with Crippen molar-refractivity contribution < 1.29 is 4.74 Å². The van der Waals surface area contributed by atoms with Gasteiger partial charge in [-0.25, -0.2) is 0 Å². The van der Waals surface area contributed by atoms with E-state index in [0.29, 0.717) is 0 Å². The van der Waals surface area contributed by atoms with E-state index in [0.717, 1.165) is 31.2 Å². The maximum atomic E-state index is 6.09. The molecule has 1 heterocycles. The summed E-state index contributed by atoms with van der Waals surface area (Å²) in [5.74, 6) is 1.85. The highest BCUT2D eigenvalue weighted by atomic mass is 16.5. The van der Waals surface area contributed by atoms with Gasteiger partial charge in [-0.15, -0.1) is 0 Å². The first kappa shape index (κ1) is 15.4. The molecule has 1 saturated heterocycles. The minimum atomic E-state index is 0.133. The predicted octanol–water partition coefficient (Wildman–Crippen LogP) is 4.06. The molecule has 1 fully saturated rings. The van der Waals surface area contributed by atoms with Crippen LogP contribution in [0.15, 0.2) is 18.2 Å². The van der Waals surface area contributed by atoms with Gasteiger partial charge < -0.3 is 10.1 Å². The Morgan fingerprint density at radius 2 is 2.10 bits per heavy atom. The molecule has 1 unspecified atom stereocenters. The van der Waals surface area contributed by atoms with E-state index in [1.54, 1.807) is 0 Å². The fourth-order valence-electron chi connectivity index (χ4n) is 2.86. The Bertz CT molecular complexity index is 428. The van der Waals surface area contributed by atoms with Crippen LogP contribution in [0.2, 0.25) is 0 Å². The second-order valence-corrected chi connectivity index (χ2v) is 7.10. The van der Waals surface area contributed by atoms with Crippen molar-refractivity contribution in [3.63, 3.8) is 0 Å². The van der Waals surface area contributed by atoms with Crippen molar-refractivity contribution in [1.82, 2.24) is 5.32 Å². The number of nitrogens with one attached hydrogen (secondary N) is 1. The molecule has 0 spiro atoms. The monoisotopic (exact) mass is 275 g/mol. The first-order valence-corrected chi connectivity index (χ1v) is 7.91. The Labute approximate surface area is 123 Å². The van der Waals surface area contributed by atoms with Crippen LogP contribution in [-0.2, 0) is 5.41 Å². The average molecular weight is 275 g/mol. The van der Waals surface area contributed by atoms with Gasteiger partial charge in [0.15, 0.2) is 0 Å². The van der Waals surface area contributed by atoms with Crippen LogP contribution in [0.4, 0.5) is 0 Å². The second-order valence-electron chi connectivity index (χ2n) is 7.10. The number of ether oxygens (including phenoxy) is 1. The molecule has 1 aliphatic heterocycles. The fraction of sp³-hybridized carbons (Fsp3) is 0.667. The third-order valence-corrected chi connectivity index (χ3v) is 4.13. The van der Waals surface area contributed by atoms with E-state index in [-0.39, 0.29) is 5.41 Å². The summed E-state index contributed by atoms with van der Waals surface area (Å²) in [5.41, 5.74) is 2.76. The lowest BCUT2D eigenvalue weighted by molar-refractivity contribution is 0.250. The van der Waals surface area contributed by atoms with E-state index < -0.39 is 0 Å². The van der Waals surface area contributed by atoms with Crippen molar-refractivity contribution in [3.05, 3.63) is 29.3 Å². The van der Waals surface area contributed by atoms with E-state index in [4.69, 9.17) is 4.74 Å². The maximum Gasteiger partial charge on any atom is 0.123 e. The van der Waals surface area contributed by atoms with Gasteiger partial charge in [0, 0.05) is 0 Å². The zero-order valence-corrected chi connectivity index (χ0v) is 13.5. The zero-order chi connectivity index (χ0) is 14.6. The molecular formula is C18H29NO. The molecule has 0 radical (unpaired) electrons. The van der Waals surface area contributed by atoms with Gasteiger partial charge in [-0.1, -0.05) is 38.5 Å². The zero-order valence-electron chi connectivity index (χ0n) is 13.5. The summed E-state index contributed by atoms with van der Waals surface area (Å²) in [6.45, 7) is 12.1. The SMILES string of the molecule is Cc1ccc(OCCC2CCCNC2)c(C(C)(C)C)c1. The molecule has 1 aliphatic rings. The number of hydrogen-bond donors (Lipinski definition) is 1. The molecule has 1 aromatic carbocycles. The van der Waals surface area contributed by atoms with Crippen molar-refractivity contribution in [2.24, 2.45) is 5.92 Å². The average Bonchev–Trinajstić information content (AvgIpc) is 2.40. The standard InChI is InChI=1S/C18H29NO/c1-14-7-8-17(16(12-14)18(2,3)4)20-11-9-15-6-5-10-19-13-15/h7-8,12,15,19H,5-6,9-11,13H2,1-4H3. The van der Waals surface area contributed by atoms with Gasteiger partial charge >= 0.3 is 0 Å². The molecule has 2 rings (SSSR count). The number of piperidine rings is 1. The van der Waals surface area contributed by atoms with Crippen LogP contribution in [0, 0.1) is 12.8 Å². The summed E-state index contributed by atoms with van der Waals surface area (Å²) in [4.78, 5) is 0. The second kappa shape index (κ2) is 6.62. The molecule has 2 heteroatoms. The lowest BCUT2D eigenvalue weighted by atomic mass is 9.85. The lowest BCUT2D eigenvalue weighted by Gasteiger charge is -2.25. The molecule has 1 atom stereocenters. The highest BCUT2D eigenvalue weighted by Crippen LogP contribution is 2.32. The van der Waals surface area contributed by atoms with Crippen molar-refractivity contribution in [2.75, 3.05) is 19.7 Å². The summed E-state index contributed by atoms with van der Waals surface area (Å²) in [6, 6.07) is 6.54. The summed E-state index contributed by atoms with van der Waals surface area (Å²) in [5, 5.41) is 3.47. The van der Waals surface area contributed by atoms with Gasteiger partial charge in [0.1, 0.15) is 5.75 Å². The normalized spacial score (nSPS) is 19.9. The van der Waals surface area contributed by atoms with Crippen LogP contribution in [0.3, 0.4) is 0 Å². The number of aryl methyl sites for hydroxylation is 1. The third-order valence-electron chi connectivity index (χ3n) is 4.13. The van der Waals surface area contributed by atoms with E-state index in [1.165, 1.54) is 30.5 Å². The lowest BCUT2D eigenvalue weighted by Crippen LogP contribution is -2.30. The Hall–Kier alpha value is -1.02. The Morgan fingerprint density at radius 1 is 1.30 bits per heavy atom.